The van der Waals surface area contributed by atoms with Crippen LogP contribution in [0.3, 0.4) is 0 Å². The van der Waals surface area contributed by atoms with Crippen LogP contribution >= 0.6 is 0 Å². The highest BCUT2D eigenvalue weighted by Gasteiger charge is 2.16. The van der Waals surface area contributed by atoms with Gasteiger partial charge in [-0.15, -0.1) is 0 Å². The highest BCUT2D eigenvalue weighted by atomic mass is 16.5. The highest BCUT2D eigenvalue weighted by molar-refractivity contribution is 5.76. The van der Waals surface area contributed by atoms with Gasteiger partial charge in [0.1, 0.15) is 5.75 Å². The monoisotopic (exact) mass is 355 g/mol. The number of amides is 1. The van der Waals surface area contributed by atoms with Crippen LogP contribution in [0.25, 0.3) is 0 Å². The van der Waals surface area contributed by atoms with Gasteiger partial charge in [0.15, 0.2) is 6.61 Å². The largest absolute Gasteiger partial charge is 0.482 e. The van der Waals surface area contributed by atoms with Crippen LogP contribution in [0.2, 0.25) is 0 Å². The summed E-state index contributed by atoms with van der Waals surface area (Å²) in [4.78, 5) is 24.7. The number of benzene rings is 2. The number of aliphatic carboxylic acids is 1. The summed E-state index contributed by atoms with van der Waals surface area (Å²) in [6, 6.07) is 15.2. The van der Waals surface area contributed by atoms with Crippen LogP contribution in [0, 0.1) is 6.92 Å². The number of rotatable bonds is 8. The lowest BCUT2D eigenvalue weighted by Gasteiger charge is -2.21. The molecule has 0 saturated carbocycles. The number of carboxylic acid groups (broad SMARTS) is 1. The molecule has 26 heavy (non-hydrogen) atoms. The van der Waals surface area contributed by atoms with Crippen molar-refractivity contribution in [2.24, 2.45) is 0 Å². The van der Waals surface area contributed by atoms with Gasteiger partial charge in [-0.05, 0) is 41.7 Å². The predicted octanol–water partition coefficient (Wildman–Crippen LogP) is 3.61. The van der Waals surface area contributed by atoms with E-state index in [1.165, 1.54) is 11.1 Å². The molecule has 1 amide bonds. The molecule has 1 atom stereocenters. The van der Waals surface area contributed by atoms with Crippen LogP contribution in [-0.4, -0.2) is 35.5 Å². The first-order chi connectivity index (χ1) is 12.4. The highest BCUT2D eigenvalue weighted by Crippen LogP contribution is 2.23. The third kappa shape index (κ3) is 5.62. The van der Waals surface area contributed by atoms with Crippen molar-refractivity contribution in [3.63, 3.8) is 0 Å². The fourth-order valence-electron chi connectivity index (χ4n) is 2.87. The molecule has 0 aromatic heterocycles. The number of carboxylic acids is 1. The Balaban J connectivity index is 1.90. The molecule has 0 heterocycles. The second kappa shape index (κ2) is 9.04. The Kier molecular flexibility index (Phi) is 6.78. The van der Waals surface area contributed by atoms with Crippen LogP contribution in [0.15, 0.2) is 48.5 Å². The van der Waals surface area contributed by atoms with Gasteiger partial charge in [-0.25, -0.2) is 4.79 Å². The molecule has 0 aliphatic carbocycles. The van der Waals surface area contributed by atoms with Gasteiger partial charge >= 0.3 is 5.97 Å². The first-order valence-electron chi connectivity index (χ1n) is 8.60. The SMILES string of the molecule is Cc1ccccc1C(C)CC(=O)N(C)Cc1ccc(OCC(=O)O)cc1. The Bertz CT molecular complexity index is 755. The molecule has 1 unspecified atom stereocenters. The van der Waals surface area contributed by atoms with Gasteiger partial charge in [0.25, 0.3) is 0 Å². The Labute approximate surface area is 154 Å². The number of hydrogen-bond acceptors (Lipinski definition) is 3. The fourth-order valence-corrected chi connectivity index (χ4v) is 2.87. The summed E-state index contributed by atoms with van der Waals surface area (Å²) in [5.74, 6) is -0.259. The second-order valence-electron chi connectivity index (χ2n) is 6.54. The van der Waals surface area contributed by atoms with E-state index in [0.29, 0.717) is 18.7 Å². The van der Waals surface area contributed by atoms with Gasteiger partial charge < -0.3 is 14.7 Å². The van der Waals surface area contributed by atoms with Crippen molar-refractivity contribution in [1.29, 1.82) is 0 Å². The van der Waals surface area contributed by atoms with Crippen LogP contribution in [0.5, 0.6) is 5.75 Å². The van der Waals surface area contributed by atoms with Crippen molar-refractivity contribution in [3.8, 4) is 5.75 Å². The maximum Gasteiger partial charge on any atom is 0.341 e. The third-order valence-electron chi connectivity index (χ3n) is 4.33. The molecule has 2 rings (SSSR count). The lowest BCUT2D eigenvalue weighted by molar-refractivity contribution is -0.139. The normalized spacial score (nSPS) is 11.7. The molecule has 0 aliphatic heterocycles. The van der Waals surface area contributed by atoms with Crippen molar-refractivity contribution in [3.05, 3.63) is 65.2 Å². The van der Waals surface area contributed by atoms with Gasteiger partial charge in [-0.1, -0.05) is 43.3 Å². The number of carbonyl (C=O) groups excluding carboxylic acids is 1. The summed E-state index contributed by atoms with van der Waals surface area (Å²) in [5.41, 5.74) is 3.37. The number of aryl methyl sites for hydroxylation is 1. The minimum Gasteiger partial charge on any atom is -0.482 e. The quantitative estimate of drug-likeness (QED) is 0.785. The van der Waals surface area contributed by atoms with Gasteiger partial charge in [0.2, 0.25) is 5.91 Å². The molecule has 0 bridgehead atoms. The van der Waals surface area contributed by atoms with Crippen LogP contribution in [-0.2, 0) is 16.1 Å². The van der Waals surface area contributed by atoms with Gasteiger partial charge in [-0.2, -0.15) is 0 Å². The van der Waals surface area contributed by atoms with Crippen LogP contribution in [0.1, 0.15) is 36.0 Å². The van der Waals surface area contributed by atoms with E-state index in [1.807, 2.05) is 24.3 Å². The second-order valence-corrected chi connectivity index (χ2v) is 6.54. The van der Waals surface area contributed by atoms with Gasteiger partial charge in [-0.3, -0.25) is 4.79 Å². The van der Waals surface area contributed by atoms with E-state index < -0.39 is 5.97 Å². The molecule has 0 fully saturated rings. The fraction of sp³-hybridized carbons (Fsp3) is 0.333. The number of hydrogen-bond donors (Lipinski definition) is 1. The molecule has 0 spiro atoms. The molecule has 138 valence electrons. The average Bonchev–Trinajstić information content (AvgIpc) is 2.61. The van der Waals surface area contributed by atoms with Crippen molar-refractivity contribution in [1.82, 2.24) is 4.90 Å². The van der Waals surface area contributed by atoms with Gasteiger partial charge in [0.05, 0.1) is 0 Å². The maximum absolute atomic E-state index is 12.5. The van der Waals surface area contributed by atoms with Crippen molar-refractivity contribution in [2.75, 3.05) is 13.7 Å². The minimum absolute atomic E-state index is 0.0898. The Morgan fingerprint density at radius 3 is 2.38 bits per heavy atom. The molecule has 2 aromatic carbocycles. The Morgan fingerprint density at radius 2 is 1.77 bits per heavy atom. The van der Waals surface area contributed by atoms with Crippen molar-refractivity contribution < 1.29 is 19.4 Å². The van der Waals surface area contributed by atoms with Crippen molar-refractivity contribution >= 4 is 11.9 Å². The first-order valence-corrected chi connectivity index (χ1v) is 8.60. The smallest absolute Gasteiger partial charge is 0.341 e. The van der Waals surface area contributed by atoms with E-state index in [4.69, 9.17) is 9.84 Å². The van der Waals surface area contributed by atoms with Gasteiger partial charge in [0, 0.05) is 20.0 Å². The van der Waals surface area contributed by atoms with E-state index in [2.05, 4.69) is 26.0 Å². The number of ether oxygens (including phenoxy) is 1. The first kappa shape index (κ1) is 19.5. The zero-order chi connectivity index (χ0) is 19.1. The zero-order valence-corrected chi connectivity index (χ0v) is 15.4. The lowest BCUT2D eigenvalue weighted by atomic mass is 9.93. The molecular weight excluding hydrogens is 330 g/mol. The van der Waals surface area contributed by atoms with E-state index in [1.54, 1.807) is 24.1 Å². The standard InChI is InChI=1S/C21H25NO4/c1-15-6-4-5-7-19(15)16(2)12-20(23)22(3)13-17-8-10-18(11-9-17)26-14-21(24)25/h4-11,16H,12-14H2,1-3H3,(H,24,25). The zero-order valence-electron chi connectivity index (χ0n) is 15.4. The average molecular weight is 355 g/mol. The van der Waals surface area contributed by atoms with E-state index >= 15 is 0 Å². The summed E-state index contributed by atoms with van der Waals surface area (Å²) in [6.07, 6.45) is 0.459. The summed E-state index contributed by atoms with van der Waals surface area (Å²) < 4.78 is 5.11. The number of nitrogens with zero attached hydrogens (tertiary/aromatic N) is 1. The lowest BCUT2D eigenvalue weighted by Crippen LogP contribution is -2.27. The van der Waals surface area contributed by atoms with E-state index in [0.717, 1.165) is 5.56 Å². The molecule has 1 N–H and O–H groups in total. The molecule has 5 heteroatoms. The molecule has 5 nitrogen and oxygen atoms in total. The topological polar surface area (TPSA) is 66.8 Å². The Morgan fingerprint density at radius 1 is 1.12 bits per heavy atom. The third-order valence-corrected chi connectivity index (χ3v) is 4.33. The molecule has 0 saturated heterocycles. The summed E-state index contributed by atoms with van der Waals surface area (Å²) in [5, 5.41) is 8.61. The van der Waals surface area contributed by atoms with E-state index in [9.17, 15) is 9.59 Å². The number of carbonyl (C=O) groups is 2. The Hall–Kier alpha value is -2.82. The molecule has 0 radical (unpaired) electrons. The van der Waals surface area contributed by atoms with Crippen LogP contribution in [0.4, 0.5) is 0 Å². The molecular formula is C21H25NO4. The molecule has 0 aliphatic rings. The molecule has 2 aromatic rings. The van der Waals surface area contributed by atoms with Crippen LogP contribution < -0.4 is 4.74 Å². The minimum atomic E-state index is -1.01. The predicted molar refractivity (Wildman–Crippen MR) is 100 cm³/mol. The maximum atomic E-state index is 12.5. The summed E-state index contributed by atoms with van der Waals surface area (Å²) >= 11 is 0. The van der Waals surface area contributed by atoms with Crippen molar-refractivity contribution in [2.45, 2.75) is 32.7 Å². The summed E-state index contributed by atoms with van der Waals surface area (Å²) in [7, 11) is 1.79. The summed E-state index contributed by atoms with van der Waals surface area (Å²) in [6.45, 7) is 4.27. The van der Waals surface area contributed by atoms with E-state index in [-0.39, 0.29) is 18.4 Å².